The number of nitrogens with one attached hydrogen (secondary N) is 2. The Bertz CT molecular complexity index is 632. The van der Waals surface area contributed by atoms with Crippen LogP contribution in [0, 0.1) is 10.1 Å². The number of nitro benzene ring substituents is 1. The van der Waals surface area contributed by atoms with Gasteiger partial charge in [0.1, 0.15) is 11.4 Å². The standard InChI is InChI=1S/C14H14ClN3O2/c1-16-12-7-4-8-13(14(12)18(19)20)17-9-10-5-2-3-6-11(10)15/h2-8,16-17H,9H2,1H3. The summed E-state index contributed by atoms with van der Waals surface area (Å²) in [5.41, 5.74) is 1.85. The molecule has 20 heavy (non-hydrogen) atoms. The summed E-state index contributed by atoms with van der Waals surface area (Å²) in [4.78, 5) is 10.8. The minimum atomic E-state index is -0.402. The van der Waals surface area contributed by atoms with Crippen LogP contribution in [0.1, 0.15) is 5.56 Å². The highest BCUT2D eigenvalue weighted by molar-refractivity contribution is 6.31. The van der Waals surface area contributed by atoms with Gasteiger partial charge in [0.2, 0.25) is 0 Å². The highest BCUT2D eigenvalue weighted by Gasteiger charge is 2.18. The molecule has 0 aliphatic rings. The van der Waals surface area contributed by atoms with E-state index in [2.05, 4.69) is 10.6 Å². The molecule has 0 saturated heterocycles. The largest absolute Gasteiger partial charge is 0.382 e. The van der Waals surface area contributed by atoms with Crippen molar-refractivity contribution in [1.82, 2.24) is 0 Å². The monoisotopic (exact) mass is 291 g/mol. The molecule has 0 aliphatic heterocycles. The van der Waals surface area contributed by atoms with Gasteiger partial charge in [0, 0.05) is 18.6 Å². The van der Waals surface area contributed by atoms with Gasteiger partial charge in [-0.05, 0) is 23.8 Å². The van der Waals surface area contributed by atoms with Crippen LogP contribution in [0.25, 0.3) is 0 Å². The van der Waals surface area contributed by atoms with Crippen LogP contribution in [0.3, 0.4) is 0 Å². The topological polar surface area (TPSA) is 67.2 Å². The quantitative estimate of drug-likeness (QED) is 0.647. The lowest BCUT2D eigenvalue weighted by atomic mass is 10.2. The molecule has 5 nitrogen and oxygen atoms in total. The predicted octanol–water partition coefficient (Wildman–Crippen LogP) is 3.90. The summed E-state index contributed by atoms with van der Waals surface area (Å²) in [5.74, 6) is 0. The zero-order chi connectivity index (χ0) is 14.5. The Morgan fingerprint density at radius 2 is 1.85 bits per heavy atom. The van der Waals surface area contributed by atoms with Gasteiger partial charge in [0.15, 0.2) is 0 Å². The second-order valence-electron chi connectivity index (χ2n) is 4.15. The molecule has 0 aliphatic carbocycles. The number of hydrogen-bond acceptors (Lipinski definition) is 4. The lowest BCUT2D eigenvalue weighted by molar-refractivity contribution is -0.383. The average Bonchev–Trinajstić information content (AvgIpc) is 2.45. The third kappa shape index (κ3) is 3.00. The fourth-order valence-electron chi connectivity index (χ4n) is 1.92. The number of nitro groups is 1. The first kappa shape index (κ1) is 14.1. The number of hydrogen-bond donors (Lipinski definition) is 2. The van der Waals surface area contributed by atoms with Crippen LogP contribution in [0.4, 0.5) is 17.1 Å². The van der Waals surface area contributed by atoms with E-state index in [4.69, 9.17) is 11.6 Å². The first-order valence-corrected chi connectivity index (χ1v) is 6.43. The van der Waals surface area contributed by atoms with E-state index in [1.807, 2.05) is 18.2 Å². The van der Waals surface area contributed by atoms with Crippen molar-refractivity contribution in [1.29, 1.82) is 0 Å². The molecule has 0 aromatic heterocycles. The van der Waals surface area contributed by atoms with Crippen molar-refractivity contribution >= 4 is 28.7 Å². The highest BCUT2D eigenvalue weighted by atomic mass is 35.5. The minimum Gasteiger partial charge on any atom is -0.382 e. The smallest absolute Gasteiger partial charge is 0.315 e. The van der Waals surface area contributed by atoms with Crippen LogP contribution in [0.5, 0.6) is 0 Å². The predicted molar refractivity (Wildman–Crippen MR) is 81.4 cm³/mol. The molecule has 0 heterocycles. The maximum Gasteiger partial charge on any atom is 0.315 e. The Labute approximate surface area is 121 Å². The number of para-hydroxylation sites is 1. The molecular formula is C14H14ClN3O2. The fraction of sp³-hybridized carbons (Fsp3) is 0.143. The summed E-state index contributed by atoms with van der Waals surface area (Å²) in [6.07, 6.45) is 0. The van der Waals surface area contributed by atoms with Crippen LogP contribution in [0.15, 0.2) is 42.5 Å². The van der Waals surface area contributed by atoms with Crippen LogP contribution >= 0.6 is 11.6 Å². The van der Waals surface area contributed by atoms with E-state index in [1.54, 1.807) is 31.3 Å². The number of rotatable bonds is 5. The Morgan fingerprint density at radius 1 is 1.15 bits per heavy atom. The van der Waals surface area contributed by atoms with E-state index in [-0.39, 0.29) is 5.69 Å². The minimum absolute atomic E-state index is 0.0297. The number of anilines is 2. The molecule has 0 atom stereocenters. The Kier molecular flexibility index (Phi) is 4.42. The van der Waals surface area contributed by atoms with Crippen molar-refractivity contribution < 1.29 is 4.92 Å². The van der Waals surface area contributed by atoms with E-state index in [9.17, 15) is 10.1 Å². The Hall–Kier alpha value is -2.27. The van der Waals surface area contributed by atoms with Gasteiger partial charge in [-0.1, -0.05) is 35.9 Å². The molecule has 0 spiro atoms. The molecular weight excluding hydrogens is 278 g/mol. The molecule has 2 aromatic carbocycles. The first-order valence-electron chi connectivity index (χ1n) is 6.06. The molecule has 6 heteroatoms. The molecule has 0 bridgehead atoms. The molecule has 104 valence electrons. The van der Waals surface area contributed by atoms with E-state index in [1.165, 1.54) is 0 Å². The Morgan fingerprint density at radius 3 is 2.50 bits per heavy atom. The molecule has 0 fully saturated rings. The van der Waals surface area contributed by atoms with Gasteiger partial charge in [-0.3, -0.25) is 10.1 Å². The molecule has 2 N–H and O–H groups in total. The van der Waals surface area contributed by atoms with E-state index in [0.29, 0.717) is 22.9 Å². The summed E-state index contributed by atoms with van der Waals surface area (Å²) in [5, 5.41) is 17.7. The molecule has 0 amide bonds. The zero-order valence-corrected chi connectivity index (χ0v) is 11.6. The van der Waals surface area contributed by atoms with Gasteiger partial charge >= 0.3 is 5.69 Å². The maximum absolute atomic E-state index is 11.2. The van der Waals surface area contributed by atoms with Gasteiger partial charge in [-0.2, -0.15) is 0 Å². The van der Waals surface area contributed by atoms with Crippen LogP contribution in [0.2, 0.25) is 5.02 Å². The third-order valence-electron chi connectivity index (χ3n) is 2.92. The molecule has 0 radical (unpaired) electrons. The molecule has 0 saturated carbocycles. The molecule has 2 rings (SSSR count). The maximum atomic E-state index is 11.2. The van der Waals surface area contributed by atoms with Crippen molar-refractivity contribution in [2.24, 2.45) is 0 Å². The SMILES string of the molecule is CNc1cccc(NCc2ccccc2Cl)c1[N+](=O)[O-]. The number of benzene rings is 2. The fourth-order valence-corrected chi connectivity index (χ4v) is 2.12. The van der Waals surface area contributed by atoms with Crippen LogP contribution < -0.4 is 10.6 Å². The van der Waals surface area contributed by atoms with Crippen molar-refractivity contribution in [2.75, 3.05) is 17.7 Å². The average molecular weight is 292 g/mol. The first-order chi connectivity index (χ1) is 9.63. The third-order valence-corrected chi connectivity index (χ3v) is 3.28. The molecule has 0 unspecified atom stereocenters. The van der Waals surface area contributed by atoms with Crippen molar-refractivity contribution in [3.63, 3.8) is 0 Å². The van der Waals surface area contributed by atoms with Crippen molar-refractivity contribution in [3.8, 4) is 0 Å². The second-order valence-corrected chi connectivity index (χ2v) is 4.56. The summed E-state index contributed by atoms with van der Waals surface area (Å²) < 4.78 is 0. The molecule has 2 aromatic rings. The van der Waals surface area contributed by atoms with Crippen molar-refractivity contribution in [3.05, 3.63) is 63.2 Å². The van der Waals surface area contributed by atoms with Gasteiger partial charge in [-0.25, -0.2) is 0 Å². The summed E-state index contributed by atoms with van der Waals surface area (Å²) in [6.45, 7) is 0.424. The van der Waals surface area contributed by atoms with Gasteiger partial charge in [0.05, 0.1) is 4.92 Å². The van der Waals surface area contributed by atoms with E-state index >= 15 is 0 Å². The summed E-state index contributed by atoms with van der Waals surface area (Å²) >= 11 is 6.07. The van der Waals surface area contributed by atoms with Crippen molar-refractivity contribution in [2.45, 2.75) is 6.54 Å². The lowest BCUT2D eigenvalue weighted by Crippen LogP contribution is -2.05. The van der Waals surface area contributed by atoms with E-state index in [0.717, 1.165) is 5.56 Å². The van der Waals surface area contributed by atoms with Crippen LogP contribution in [-0.4, -0.2) is 12.0 Å². The van der Waals surface area contributed by atoms with Gasteiger partial charge in [0.25, 0.3) is 0 Å². The number of nitrogens with zero attached hydrogens (tertiary/aromatic N) is 1. The zero-order valence-electron chi connectivity index (χ0n) is 10.9. The van der Waals surface area contributed by atoms with Crippen LogP contribution in [-0.2, 0) is 6.54 Å². The van der Waals surface area contributed by atoms with Gasteiger partial charge in [-0.15, -0.1) is 0 Å². The lowest BCUT2D eigenvalue weighted by Gasteiger charge is -2.10. The Balaban J connectivity index is 2.26. The van der Waals surface area contributed by atoms with Gasteiger partial charge < -0.3 is 10.6 Å². The number of halogens is 1. The second kappa shape index (κ2) is 6.25. The summed E-state index contributed by atoms with van der Waals surface area (Å²) in [6, 6.07) is 12.5. The highest BCUT2D eigenvalue weighted by Crippen LogP contribution is 2.33. The van der Waals surface area contributed by atoms with E-state index < -0.39 is 4.92 Å². The normalized spacial score (nSPS) is 10.1. The summed E-state index contributed by atoms with van der Waals surface area (Å²) in [7, 11) is 1.65.